The Balaban J connectivity index is 1.73. The molecule has 3 aromatic carbocycles. The van der Waals surface area contributed by atoms with Crippen molar-refractivity contribution in [3.8, 4) is 5.75 Å². The molecule has 1 aromatic heterocycles. The van der Waals surface area contributed by atoms with Crippen LogP contribution in [-0.2, 0) is 11.8 Å². The summed E-state index contributed by atoms with van der Waals surface area (Å²) in [7, 11) is 1.51. The fourth-order valence-corrected chi connectivity index (χ4v) is 4.47. The normalized spacial score (nSPS) is 11.1. The standard InChI is InChI=1S/C30H27NO5/c1-19(32)13-16-26(33)28-29(35)24-17-22(14-15-25(24)31(2)30(28)36)27(34)18-23(20-9-5-3-6-10-20)21-11-7-4-8-12-21/h3-12,14-15,17,23,35H,13,16,18H2,1-2H3. The summed E-state index contributed by atoms with van der Waals surface area (Å²) in [5.41, 5.74) is 1.81. The fraction of sp³-hybridized carbons (Fsp3) is 0.200. The van der Waals surface area contributed by atoms with Gasteiger partial charge < -0.3 is 14.5 Å². The zero-order valence-electron chi connectivity index (χ0n) is 20.2. The van der Waals surface area contributed by atoms with Crippen molar-refractivity contribution in [1.29, 1.82) is 0 Å². The van der Waals surface area contributed by atoms with Crippen LogP contribution < -0.4 is 5.56 Å². The number of aromatic hydroxyl groups is 1. The van der Waals surface area contributed by atoms with E-state index < -0.39 is 17.1 Å². The molecule has 0 atom stereocenters. The number of pyridine rings is 1. The third-order valence-electron chi connectivity index (χ3n) is 6.47. The Morgan fingerprint density at radius 1 is 0.833 bits per heavy atom. The quantitative estimate of drug-likeness (QED) is 0.332. The van der Waals surface area contributed by atoms with Gasteiger partial charge >= 0.3 is 0 Å². The van der Waals surface area contributed by atoms with Gasteiger partial charge in [-0.3, -0.25) is 14.4 Å². The zero-order chi connectivity index (χ0) is 25.8. The minimum Gasteiger partial charge on any atom is -0.506 e. The van der Waals surface area contributed by atoms with E-state index in [0.29, 0.717) is 11.1 Å². The molecule has 0 fully saturated rings. The van der Waals surface area contributed by atoms with Crippen LogP contribution in [0, 0.1) is 0 Å². The number of fused-ring (bicyclic) bond motifs is 1. The van der Waals surface area contributed by atoms with Crippen molar-refractivity contribution in [2.24, 2.45) is 7.05 Å². The van der Waals surface area contributed by atoms with Crippen molar-refractivity contribution >= 4 is 28.3 Å². The van der Waals surface area contributed by atoms with Gasteiger partial charge in [0.05, 0.1) is 5.52 Å². The summed E-state index contributed by atoms with van der Waals surface area (Å²) in [5.74, 6) is -1.53. The smallest absolute Gasteiger partial charge is 0.265 e. The van der Waals surface area contributed by atoms with Crippen molar-refractivity contribution in [3.63, 3.8) is 0 Å². The van der Waals surface area contributed by atoms with Gasteiger partial charge in [-0.1, -0.05) is 60.7 Å². The van der Waals surface area contributed by atoms with E-state index in [1.807, 2.05) is 60.7 Å². The van der Waals surface area contributed by atoms with Crippen LogP contribution in [0.5, 0.6) is 5.75 Å². The Labute approximate surface area is 208 Å². The fourth-order valence-electron chi connectivity index (χ4n) is 4.47. The third kappa shape index (κ3) is 5.03. The van der Waals surface area contributed by atoms with Gasteiger partial charge in [-0.25, -0.2) is 0 Å². The Morgan fingerprint density at radius 3 is 1.97 bits per heavy atom. The van der Waals surface area contributed by atoms with Gasteiger partial charge in [-0.2, -0.15) is 0 Å². The second-order valence-corrected chi connectivity index (χ2v) is 8.95. The summed E-state index contributed by atoms with van der Waals surface area (Å²) in [6.45, 7) is 1.36. The molecule has 0 saturated heterocycles. The Morgan fingerprint density at radius 2 is 1.42 bits per heavy atom. The van der Waals surface area contributed by atoms with E-state index >= 15 is 0 Å². The van der Waals surface area contributed by atoms with Gasteiger partial charge in [-0.05, 0) is 36.2 Å². The van der Waals surface area contributed by atoms with Crippen molar-refractivity contribution in [2.45, 2.75) is 32.1 Å². The molecule has 6 nitrogen and oxygen atoms in total. The molecule has 1 N–H and O–H groups in total. The van der Waals surface area contributed by atoms with Crippen molar-refractivity contribution < 1.29 is 19.5 Å². The van der Waals surface area contributed by atoms with Crippen LogP contribution in [0.15, 0.2) is 83.7 Å². The minimum atomic E-state index is -0.638. The summed E-state index contributed by atoms with van der Waals surface area (Å²) in [4.78, 5) is 50.2. The second-order valence-electron chi connectivity index (χ2n) is 8.95. The number of aryl methyl sites for hydroxylation is 1. The van der Waals surface area contributed by atoms with E-state index in [0.717, 1.165) is 11.1 Å². The first kappa shape index (κ1) is 24.8. The molecule has 1 heterocycles. The van der Waals surface area contributed by atoms with E-state index in [9.17, 15) is 24.3 Å². The number of rotatable bonds is 9. The molecule has 0 spiro atoms. The topological polar surface area (TPSA) is 93.4 Å². The van der Waals surface area contributed by atoms with Gasteiger partial charge in [0, 0.05) is 43.2 Å². The number of aromatic nitrogens is 1. The van der Waals surface area contributed by atoms with Crippen LogP contribution in [0.25, 0.3) is 10.9 Å². The molecule has 0 aliphatic heterocycles. The Bertz CT molecular complexity index is 1460. The second kappa shape index (κ2) is 10.5. The summed E-state index contributed by atoms with van der Waals surface area (Å²) in [6.07, 6.45) is 0.0207. The molecule has 182 valence electrons. The molecule has 0 aliphatic carbocycles. The van der Waals surface area contributed by atoms with E-state index in [1.165, 1.54) is 24.6 Å². The first-order chi connectivity index (χ1) is 17.3. The number of hydrogen-bond acceptors (Lipinski definition) is 5. The van der Waals surface area contributed by atoms with Crippen LogP contribution in [0.1, 0.15) is 63.9 Å². The molecule has 0 amide bonds. The van der Waals surface area contributed by atoms with Crippen LogP contribution in [-0.4, -0.2) is 27.0 Å². The molecular weight excluding hydrogens is 454 g/mol. The summed E-state index contributed by atoms with van der Waals surface area (Å²) >= 11 is 0. The van der Waals surface area contributed by atoms with Crippen LogP contribution in [0.2, 0.25) is 0 Å². The average Bonchev–Trinajstić information content (AvgIpc) is 2.90. The minimum absolute atomic E-state index is 0.0155. The summed E-state index contributed by atoms with van der Waals surface area (Å²) in [5, 5.41) is 11.1. The highest BCUT2D eigenvalue weighted by molar-refractivity contribution is 6.06. The van der Waals surface area contributed by atoms with E-state index in [1.54, 1.807) is 12.1 Å². The SMILES string of the molecule is CC(=O)CCC(=O)c1c(O)c2cc(C(=O)CC(c3ccccc3)c3ccccc3)ccc2n(C)c1=O. The lowest BCUT2D eigenvalue weighted by Gasteiger charge is -2.18. The summed E-state index contributed by atoms with van der Waals surface area (Å²) in [6, 6.07) is 24.4. The largest absolute Gasteiger partial charge is 0.506 e. The molecule has 0 unspecified atom stereocenters. The highest BCUT2D eigenvalue weighted by Gasteiger charge is 2.23. The molecule has 0 saturated carbocycles. The number of nitrogens with zero attached hydrogens (tertiary/aromatic N) is 1. The van der Waals surface area contributed by atoms with Crippen molar-refractivity contribution in [1.82, 2.24) is 4.57 Å². The van der Waals surface area contributed by atoms with Gasteiger partial charge in [0.25, 0.3) is 5.56 Å². The Kier molecular flexibility index (Phi) is 7.25. The van der Waals surface area contributed by atoms with Gasteiger partial charge in [-0.15, -0.1) is 0 Å². The highest BCUT2D eigenvalue weighted by Crippen LogP contribution is 2.32. The van der Waals surface area contributed by atoms with Crippen LogP contribution in [0.3, 0.4) is 0 Å². The summed E-state index contributed by atoms with van der Waals surface area (Å²) < 4.78 is 1.28. The molecule has 4 aromatic rings. The molecule has 36 heavy (non-hydrogen) atoms. The maximum Gasteiger partial charge on any atom is 0.265 e. The van der Waals surface area contributed by atoms with Gasteiger partial charge in [0.15, 0.2) is 11.6 Å². The molecule has 6 heteroatoms. The van der Waals surface area contributed by atoms with Crippen molar-refractivity contribution in [2.75, 3.05) is 0 Å². The zero-order valence-corrected chi connectivity index (χ0v) is 20.2. The third-order valence-corrected chi connectivity index (χ3v) is 6.47. The molecule has 0 bridgehead atoms. The number of carbonyl (C=O) groups is 3. The number of Topliss-reactive ketones (excluding diaryl/α,β-unsaturated/α-hetero) is 3. The monoisotopic (exact) mass is 481 g/mol. The van der Waals surface area contributed by atoms with Gasteiger partial charge in [0.1, 0.15) is 17.1 Å². The van der Waals surface area contributed by atoms with Crippen LogP contribution >= 0.6 is 0 Å². The van der Waals surface area contributed by atoms with Crippen LogP contribution in [0.4, 0.5) is 0 Å². The lowest BCUT2D eigenvalue weighted by molar-refractivity contribution is -0.117. The number of hydrogen-bond donors (Lipinski definition) is 1. The van der Waals surface area contributed by atoms with E-state index in [2.05, 4.69) is 0 Å². The average molecular weight is 482 g/mol. The molecular formula is C30H27NO5. The first-order valence-electron chi connectivity index (χ1n) is 11.8. The first-order valence-corrected chi connectivity index (χ1v) is 11.8. The van der Waals surface area contributed by atoms with Crippen molar-refractivity contribution in [3.05, 3.63) is 111 Å². The molecule has 0 radical (unpaired) electrons. The number of benzene rings is 3. The van der Waals surface area contributed by atoms with E-state index in [4.69, 9.17) is 0 Å². The maximum absolute atomic E-state index is 13.5. The van der Waals surface area contributed by atoms with Gasteiger partial charge in [0.2, 0.25) is 0 Å². The highest BCUT2D eigenvalue weighted by atomic mass is 16.3. The number of carbonyl (C=O) groups excluding carboxylic acids is 3. The lowest BCUT2D eigenvalue weighted by Crippen LogP contribution is -2.25. The molecule has 0 aliphatic rings. The van der Waals surface area contributed by atoms with E-state index in [-0.39, 0.29) is 47.7 Å². The number of ketones is 3. The maximum atomic E-state index is 13.5. The Hall–Kier alpha value is -4.32. The molecule has 4 rings (SSSR count). The predicted molar refractivity (Wildman–Crippen MR) is 139 cm³/mol. The lowest BCUT2D eigenvalue weighted by atomic mass is 9.85. The predicted octanol–water partition coefficient (Wildman–Crippen LogP) is 5.20.